The summed E-state index contributed by atoms with van der Waals surface area (Å²) in [6.45, 7) is 10.7. The molecule has 0 saturated heterocycles. The van der Waals surface area contributed by atoms with Crippen LogP contribution >= 0.6 is 0 Å². The van der Waals surface area contributed by atoms with Crippen LogP contribution in [0.15, 0.2) is 18.2 Å². The highest BCUT2D eigenvalue weighted by molar-refractivity contribution is 5.84. The van der Waals surface area contributed by atoms with E-state index in [2.05, 4.69) is 18.3 Å². The van der Waals surface area contributed by atoms with Crippen LogP contribution in [0.2, 0.25) is 0 Å². The Morgan fingerprint density at radius 3 is 2.67 bits per heavy atom. The molecule has 21 heavy (non-hydrogen) atoms. The zero-order valence-corrected chi connectivity index (χ0v) is 13.8. The van der Waals surface area contributed by atoms with Crippen LogP contribution in [-0.4, -0.2) is 24.1 Å². The molecule has 0 aliphatic carbocycles. The van der Waals surface area contributed by atoms with Gasteiger partial charge < -0.3 is 15.8 Å². The molecule has 0 bridgehead atoms. The lowest BCUT2D eigenvalue weighted by Gasteiger charge is -2.30. The minimum atomic E-state index is -0.743. The van der Waals surface area contributed by atoms with Gasteiger partial charge in [-0.25, -0.2) is 0 Å². The fourth-order valence-corrected chi connectivity index (χ4v) is 2.33. The quantitative estimate of drug-likeness (QED) is 0.774. The highest BCUT2D eigenvalue weighted by Crippen LogP contribution is 2.23. The molecule has 1 aromatic rings. The number of benzene rings is 1. The molecule has 0 heterocycles. The number of hydrogen-bond donors (Lipinski definition) is 2. The summed E-state index contributed by atoms with van der Waals surface area (Å²) in [6, 6.07) is 6.12. The average molecular weight is 292 g/mol. The Morgan fingerprint density at radius 2 is 2.10 bits per heavy atom. The van der Waals surface area contributed by atoms with Crippen molar-refractivity contribution in [1.82, 2.24) is 5.32 Å². The summed E-state index contributed by atoms with van der Waals surface area (Å²) in [4.78, 5) is 11.7. The maximum Gasteiger partial charge on any atom is 0.237 e. The second-order valence-corrected chi connectivity index (χ2v) is 6.02. The van der Waals surface area contributed by atoms with Gasteiger partial charge in [-0.15, -0.1) is 0 Å². The summed E-state index contributed by atoms with van der Waals surface area (Å²) in [7, 11) is 0. The molecule has 2 atom stereocenters. The summed E-state index contributed by atoms with van der Waals surface area (Å²) >= 11 is 0. The van der Waals surface area contributed by atoms with E-state index < -0.39 is 5.54 Å². The fraction of sp³-hybridized carbons (Fsp3) is 0.588. The van der Waals surface area contributed by atoms with E-state index in [9.17, 15) is 4.79 Å². The monoisotopic (exact) mass is 292 g/mol. The van der Waals surface area contributed by atoms with Gasteiger partial charge in [0.05, 0.1) is 11.6 Å². The lowest BCUT2D eigenvalue weighted by molar-refractivity contribution is -0.124. The molecule has 0 fully saturated rings. The zero-order valence-electron chi connectivity index (χ0n) is 13.8. The lowest BCUT2D eigenvalue weighted by Crippen LogP contribution is -2.55. The zero-order chi connectivity index (χ0) is 16.0. The number of ether oxygens (including phenoxy) is 1. The van der Waals surface area contributed by atoms with Gasteiger partial charge in [0, 0.05) is 6.42 Å². The molecule has 0 aliphatic rings. The average Bonchev–Trinajstić information content (AvgIpc) is 2.40. The van der Waals surface area contributed by atoms with E-state index in [4.69, 9.17) is 10.5 Å². The minimum Gasteiger partial charge on any atom is -0.490 e. The van der Waals surface area contributed by atoms with Crippen molar-refractivity contribution in [2.45, 2.75) is 59.1 Å². The molecule has 0 aliphatic heterocycles. The molecular weight excluding hydrogens is 264 g/mol. The van der Waals surface area contributed by atoms with E-state index in [1.54, 1.807) is 0 Å². The smallest absolute Gasteiger partial charge is 0.237 e. The van der Waals surface area contributed by atoms with Gasteiger partial charge in [0.2, 0.25) is 5.91 Å². The van der Waals surface area contributed by atoms with Crippen molar-refractivity contribution in [3.05, 3.63) is 29.3 Å². The Kier molecular flexibility index (Phi) is 6.21. The van der Waals surface area contributed by atoms with Crippen LogP contribution in [0.1, 0.15) is 44.7 Å². The van der Waals surface area contributed by atoms with Gasteiger partial charge >= 0.3 is 0 Å². The van der Waals surface area contributed by atoms with E-state index in [1.165, 1.54) is 0 Å². The second-order valence-electron chi connectivity index (χ2n) is 6.02. The van der Waals surface area contributed by atoms with Crippen molar-refractivity contribution in [1.29, 1.82) is 0 Å². The third-order valence-corrected chi connectivity index (χ3v) is 3.68. The lowest BCUT2D eigenvalue weighted by atomic mass is 9.93. The Bertz CT molecular complexity index is 488. The van der Waals surface area contributed by atoms with E-state index in [1.807, 2.05) is 39.8 Å². The van der Waals surface area contributed by atoms with Crippen LogP contribution in [0.5, 0.6) is 5.75 Å². The van der Waals surface area contributed by atoms with Crippen molar-refractivity contribution in [2.24, 2.45) is 5.73 Å². The largest absolute Gasteiger partial charge is 0.490 e. The van der Waals surface area contributed by atoms with E-state index in [-0.39, 0.29) is 12.0 Å². The van der Waals surface area contributed by atoms with E-state index >= 15 is 0 Å². The molecule has 0 radical (unpaired) electrons. The SMILES string of the molecule is CCCNC(C)(CC(C)Oc1cc(C)ccc1C)C(N)=O. The Balaban J connectivity index is 2.76. The predicted molar refractivity (Wildman–Crippen MR) is 86.5 cm³/mol. The number of rotatable bonds is 8. The van der Waals surface area contributed by atoms with Crippen molar-refractivity contribution in [3.8, 4) is 5.75 Å². The van der Waals surface area contributed by atoms with Gasteiger partial charge in [0.15, 0.2) is 0 Å². The number of carbonyl (C=O) groups excluding carboxylic acids is 1. The van der Waals surface area contributed by atoms with Crippen molar-refractivity contribution in [3.63, 3.8) is 0 Å². The van der Waals surface area contributed by atoms with Crippen molar-refractivity contribution >= 4 is 5.91 Å². The van der Waals surface area contributed by atoms with Crippen LogP contribution in [0.25, 0.3) is 0 Å². The number of carbonyl (C=O) groups is 1. The predicted octanol–water partition coefficient (Wildman–Crippen LogP) is 2.70. The minimum absolute atomic E-state index is 0.104. The van der Waals surface area contributed by atoms with Crippen LogP contribution < -0.4 is 15.8 Å². The molecule has 0 spiro atoms. The molecular formula is C17H28N2O2. The number of nitrogens with two attached hydrogens (primary N) is 1. The second kappa shape index (κ2) is 7.46. The van der Waals surface area contributed by atoms with Crippen molar-refractivity contribution < 1.29 is 9.53 Å². The Morgan fingerprint density at radius 1 is 1.43 bits per heavy atom. The Labute approximate surface area is 128 Å². The van der Waals surface area contributed by atoms with Gasteiger partial charge in [-0.05, 0) is 57.9 Å². The normalized spacial score (nSPS) is 15.3. The first-order chi connectivity index (χ1) is 9.78. The summed E-state index contributed by atoms with van der Waals surface area (Å²) in [5, 5.41) is 3.23. The first-order valence-corrected chi connectivity index (χ1v) is 7.57. The molecule has 118 valence electrons. The first-order valence-electron chi connectivity index (χ1n) is 7.57. The van der Waals surface area contributed by atoms with Crippen LogP contribution in [0.3, 0.4) is 0 Å². The molecule has 4 heteroatoms. The van der Waals surface area contributed by atoms with Gasteiger partial charge in [-0.3, -0.25) is 4.79 Å². The van der Waals surface area contributed by atoms with Crippen LogP contribution in [0.4, 0.5) is 0 Å². The van der Waals surface area contributed by atoms with Gasteiger partial charge in [-0.1, -0.05) is 19.1 Å². The van der Waals surface area contributed by atoms with Gasteiger partial charge in [-0.2, -0.15) is 0 Å². The van der Waals surface area contributed by atoms with Crippen LogP contribution in [-0.2, 0) is 4.79 Å². The van der Waals surface area contributed by atoms with E-state index in [0.29, 0.717) is 6.42 Å². The molecule has 4 nitrogen and oxygen atoms in total. The molecule has 0 aromatic heterocycles. The first kappa shape index (κ1) is 17.5. The standard InChI is InChI=1S/C17H28N2O2/c1-6-9-19-17(5,16(18)20)11-14(4)21-15-10-12(2)7-8-13(15)3/h7-8,10,14,19H,6,9,11H2,1-5H3,(H2,18,20). The highest BCUT2D eigenvalue weighted by Gasteiger charge is 2.32. The Hall–Kier alpha value is -1.55. The molecule has 0 saturated carbocycles. The molecule has 2 unspecified atom stereocenters. The number of aryl methyl sites for hydroxylation is 2. The van der Waals surface area contributed by atoms with Crippen molar-refractivity contribution in [2.75, 3.05) is 6.54 Å². The summed E-state index contributed by atoms with van der Waals surface area (Å²) in [6.07, 6.45) is 1.39. The maximum absolute atomic E-state index is 11.7. The highest BCUT2D eigenvalue weighted by atomic mass is 16.5. The van der Waals surface area contributed by atoms with Gasteiger partial charge in [0.25, 0.3) is 0 Å². The molecule has 1 amide bonds. The summed E-state index contributed by atoms with van der Waals surface area (Å²) in [5.74, 6) is 0.525. The number of nitrogens with one attached hydrogen (secondary N) is 1. The molecule has 1 aromatic carbocycles. The molecule has 1 rings (SSSR count). The number of hydrogen-bond acceptors (Lipinski definition) is 3. The summed E-state index contributed by atoms with van der Waals surface area (Å²) < 4.78 is 6.00. The van der Waals surface area contributed by atoms with E-state index in [0.717, 1.165) is 29.8 Å². The third-order valence-electron chi connectivity index (χ3n) is 3.68. The van der Waals surface area contributed by atoms with Gasteiger partial charge in [0.1, 0.15) is 5.75 Å². The summed E-state index contributed by atoms with van der Waals surface area (Å²) in [5.41, 5.74) is 7.06. The maximum atomic E-state index is 11.7. The fourth-order valence-electron chi connectivity index (χ4n) is 2.33. The van der Waals surface area contributed by atoms with Crippen LogP contribution in [0, 0.1) is 13.8 Å². The number of primary amides is 1. The number of amides is 1. The topological polar surface area (TPSA) is 64.3 Å². The third kappa shape index (κ3) is 5.05. The molecule has 3 N–H and O–H groups in total.